The Morgan fingerprint density at radius 3 is 2.26 bits per heavy atom. The lowest BCUT2D eigenvalue weighted by atomic mass is 9.90. The molecule has 1 saturated carbocycles. The van der Waals surface area contributed by atoms with Gasteiger partial charge in [-0.2, -0.15) is 0 Å². The topological polar surface area (TPSA) is 93.4 Å². The molecule has 1 aromatic carbocycles. The largest absolute Gasteiger partial charge is 0.382 e. The minimum Gasteiger partial charge on any atom is -0.382 e. The normalized spacial score (nSPS) is 19.7. The van der Waals surface area contributed by atoms with E-state index in [0.717, 1.165) is 19.4 Å². The van der Waals surface area contributed by atoms with Gasteiger partial charge in [0.1, 0.15) is 0 Å². The molecule has 2 fully saturated rings. The SMILES string of the molecule is C1CCC2(CC1)CO2.Nc1nccnc1C(=O)NC1Cc2ccccc2C1. The van der Waals surface area contributed by atoms with Crippen LogP contribution < -0.4 is 11.1 Å². The Kier molecular flexibility index (Phi) is 5.07. The van der Waals surface area contributed by atoms with Crippen molar-refractivity contribution >= 4 is 11.7 Å². The van der Waals surface area contributed by atoms with Crippen LogP contribution in [0.2, 0.25) is 0 Å². The van der Waals surface area contributed by atoms with Gasteiger partial charge in [0.25, 0.3) is 5.91 Å². The fourth-order valence-corrected chi connectivity index (χ4v) is 4.03. The molecule has 142 valence electrons. The van der Waals surface area contributed by atoms with Crippen LogP contribution in [0.25, 0.3) is 0 Å². The average Bonchev–Trinajstić information content (AvgIpc) is 3.29. The number of nitrogens with one attached hydrogen (secondary N) is 1. The zero-order chi connectivity index (χ0) is 18.7. The molecule has 0 atom stereocenters. The van der Waals surface area contributed by atoms with Crippen molar-refractivity contribution < 1.29 is 9.53 Å². The predicted octanol–water partition coefficient (Wildman–Crippen LogP) is 2.68. The van der Waals surface area contributed by atoms with Crippen LogP contribution in [0.5, 0.6) is 0 Å². The summed E-state index contributed by atoms with van der Waals surface area (Å²) in [7, 11) is 0. The van der Waals surface area contributed by atoms with E-state index in [0.29, 0.717) is 5.60 Å². The first-order chi connectivity index (χ1) is 13.2. The molecular weight excluding hydrogens is 340 g/mol. The standard InChI is InChI=1S/C14H14N4O.C7H12O/c15-13-12(16-5-6-17-13)14(19)18-11-7-9-3-1-2-4-10(9)8-11;1-2-4-7(5-3-1)6-8-7/h1-6,11H,7-8H2,(H2,15,17)(H,18,19);1-6H2. The van der Waals surface area contributed by atoms with E-state index < -0.39 is 0 Å². The maximum absolute atomic E-state index is 12.1. The van der Waals surface area contributed by atoms with E-state index >= 15 is 0 Å². The monoisotopic (exact) mass is 366 g/mol. The highest BCUT2D eigenvalue weighted by Gasteiger charge is 2.44. The molecule has 1 aromatic heterocycles. The molecule has 1 spiro atoms. The number of carbonyl (C=O) groups is 1. The Bertz CT molecular complexity index is 786. The van der Waals surface area contributed by atoms with Gasteiger partial charge in [0.05, 0.1) is 12.2 Å². The lowest BCUT2D eigenvalue weighted by Gasteiger charge is -2.16. The van der Waals surface area contributed by atoms with E-state index in [1.54, 1.807) is 0 Å². The molecule has 2 aliphatic carbocycles. The van der Waals surface area contributed by atoms with Gasteiger partial charge in [-0.1, -0.05) is 43.5 Å². The van der Waals surface area contributed by atoms with Gasteiger partial charge >= 0.3 is 0 Å². The van der Waals surface area contributed by atoms with E-state index in [-0.39, 0.29) is 23.5 Å². The lowest BCUT2D eigenvalue weighted by molar-refractivity contribution is 0.0934. The van der Waals surface area contributed by atoms with E-state index in [2.05, 4.69) is 27.4 Å². The van der Waals surface area contributed by atoms with Gasteiger partial charge in [0.2, 0.25) is 0 Å². The second kappa shape index (κ2) is 7.64. The number of ether oxygens (including phenoxy) is 1. The zero-order valence-corrected chi connectivity index (χ0v) is 15.5. The number of nitrogen functional groups attached to an aromatic ring is 1. The van der Waals surface area contributed by atoms with Crippen LogP contribution in [0, 0.1) is 0 Å². The number of anilines is 1. The minimum absolute atomic E-state index is 0.103. The highest BCUT2D eigenvalue weighted by molar-refractivity contribution is 5.96. The van der Waals surface area contributed by atoms with Crippen molar-refractivity contribution in [1.29, 1.82) is 0 Å². The summed E-state index contributed by atoms with van der Waals surface area (Å²) in [6.45, 7) is 1.06. The Hall–Kier alpha value is -2.47. The van der Waals surface area contributed by atoms with Gasteiger partial charge in [-0.25, -0.2) is 9.97 Å². The second-order valence-corrected chi connectivity index (χ2v) is 7.67. The summed E-state index contributed by atoms with van der Waals surface area (Å²) in [5.74, 6) is -0.0982. The van der Waals surface area contributed by atoms with Crippen LogP contribution in [-0.2, 0) is 17.6 Å². The molecule has 2 aromatic rings. The highest BCUT2D eigenvalue weighted by atomic mass is 16.6. The number of benzene rings is 1. The number of nitrogens with two attached hydrogens (primary N) is 1. The van der Waals surface area contributed by atoms with Crippen molar-refractivity contribution in [3.8, 4) is 0 Å². The van der Waals surface area contributed by atoms with Crippen molar-refractivity contribution in [1.82, 2.24) is 15.3 Å². The third-order valence-corrected chi connectivity index (χ3v) is 5.65. The fraction of sp³-hybridized carbons (Fsp3) is 0.476. The fourth-order valence-electron chi connectivity index (χ4n) is 4.03. The maximum atomic E-state index is 12.1. The van der Waals surface area contributed by atoms with Crippen LogP contribution in [-0.4, -0.2) is 34.1 Å². The molecule has 1 amide bonds. The van der Waals surface area contributed by atoms with Crippen LogP contribution in [0.3, 0.4) is 0 Å². The van der Waals surface area contributed by atoms with Gasteiger partial charge in [-0.05, 0) is 36.8 Å². The van der Waals surface area contributed by atoms with Crippen LogP contribution in [0.15, 0.2) is 36.7 Å². The lowest BCUT2D eigenvalue weighted by Crippen LogP contribution is -2.36. The Labute approximate surface area is 159 Å². The number of aromatic nitrogens is 2. The van der Waals surface area contributed by atoms with Crippen molar-refractivity contribution in [3.63, 3.8) is 0 Å². The van der Waals surface area contributed by atoms with Gasteiger partial charge in [-0.3, -0.25) is 4.79 Å². The molecule has 5 rings (SSSR count). The van der Waals surface area contributed by atoms with Gasteiger partial charge < -0.3 is 15.8 Å². The molecule has 3 N–H and O–H groups in total. The quantitative estimate of drug-likeness (QED) is 0.797. The number of rotatable bonds is 2. The summed E-state index contributed by atoms with van der Waals surface area (Å²) in [6, 6.07) is 8.33. The first-order valence-electron chi connectivity index (χ1n) is 9.73. The summed E-state index contributed by atoms with van der Waals surface area (Å²) < 4.78 is 5.34. The molecule has 2 heterocycles. The summed E-state index contributed by atoms with van der Waals surface area (Å²) in [4.78, 5) is 19.9. The predicted molar refractivity (Wildman–Crippen MR) is 103 cm³/mol. The molecular formula is C21H26N4O2. The number of hydrogen-bond donors (Lipinski definition) is 2. The number of carbonyl (C=O) groups excluding carboxylic acids is 1. The van der Waals surface area contributed by atoms with Gasteiger partial charge in [0, 0.05) is 18.4 Å². The molecule has 6 heteroatoms. The molecule has 6 nitrogen and oxygen atoms in total. The number of fused-ring (bicyclic) bond motifs is 1. The van der Waals surface area contributed by atoms with Crippen molar-refractivity contribution in [2.45, 2.75) is 56.6 Å². The van der Waals surface area contributed by atoms with Crippen LogP contribution in [0.1, 0.15) is 53.7 Å². The Morgan fingerprint density at radius 2 is 1.70 bits per heavy atom. The minimum atomic E-state index is -0.261. The van der Waals surface area contributed by atoms with E-state index in [9.17, 15) is 4.79 Å². The molecule has 0 bridgehead atoms. The Morgan fingerprint density at radius 1 is 1.07 bits per heavy atom. The molecule has 0 unspecified atom stereocenters. The number of epoxide rings is 1. The number of hydrogen-bond acceptors (Lipinski definition) is 5. The third kappa shape index (κ3) is 4.27. The third-order valence-electron chi connectivity index (χ3n) is 5.65. The van der Waals surface area contributed by atoms with Crippen molar-refractivity contribution in [3.05, 3.63) is 53.5 Å². The van der Waals surface area contributed by atoms with Gasteiger partial charge in [-0.15, -0.1) is 0 Å². The molecule has 0 radical (unpaired) electrons. The second-order valence-electron chi connectivity index (χ2n) is 7.67. The Balaban J connectivity index is 0.000000186. The molecule has 1 aliphatic heterocycles. The van der Waals surface area contributed by atoms with Crippen molar-refractivity contribution in [2.75, 3.05) is 12.3 Å². The summed E-state index contributed by atoms with van der Waals surface area (Å²) >= 11 is 0. The van der Waals surface area contributed by atoms with E-state index in [1.807, 2.05) is 12.1 Å². The van der Waals surface area contributed by atoms with E-state index in [1.165, 1.54) is 55.6 Å². The first kappa shape index (κ1) is 17.9. The van der Waals surface area contributed by atoms with Gasteiger partial charge in [0.15, 0.2) is 11.5 Å². The summed E-state index contributed by atoms with van der Waals surface area (Å²) in [6.07, 6.45) is 11.6. The number of amides is 1. The van der Waals surface area contributed by atoms with E-state index in [4.69, 9.17) is 10.5 Å². The van der Waals surface area contributed by atoms with Crippen molar-refractivity contribution in [2.24, 2.45) is 0 Å². The zero-order valence-electron chi connectivity index (χ0n) is 15.5. The summed E-state index contributed by atoms with van der Waals surface area (Å²) in [5, 5.41) is 2.96. The van der Waals surface area contributed by atoms with Crippen LogP contribution >= 0.6 is 0 Å². The van der Waals surface area contributed by atoms with Crippen LogP contribution in [0.4, 0.5) is 5.82 Å². The maximum Gasteiger partial charge on any atom is 0.273 e. The number of nitrogens with zero attached hydrogens (tertiary/aromatic N) is 2. The highest BCUT2D eigenvalue weighted by Crippen LogP contribution is 2.41. The molecule has 1 saturated heterocycles. The summed E-state index contributed by atoms with van der Waals surface area (Å²) in [5.41, 5.74) is 8.85. The average molecular weight is 366 g/mol. The molecule has 3 aliphatic rings. The first-order valence-corrected chi connectivity index (χ1v) is 9.73. The molecule has 27 heavy (non-hydrogen) atoms. The smallest absolute Gasteiger partial charge is 0.273 e.